The van der Waals surface area contributed by atoms with Gasteiger partial charge in [0.2, 0.25) is 5.95 Å². The van der Waals surface area contributed by atoms with E-state index in [1.165, 1.54) is 5.56 Å². The highest BCUT2D eigenvalue weighted by Crippen LogP contribution is 2.25. The van der Waals surface area contributed by atoms with Crippen molar-refractivity contribution in [3.8, 4) is 5.75 Å². The van der Waals surface area contributed by atoms with E-state index in [-0.39, 0.29) is 0 Å². The van der Waals surface area contributed by atoms with Crippen LogP contribution in [-0.4, -0.2) is 68.6 Å². The summed E-state index contributed by atoms with van der Waals surface area (Å²) in [4.78, 5) is 12.8. The third-order valence-corrected chi connectivity index (χ3v) is 5.78. The molecule has 0 saturated carbocycles. The van der Waals surface area contributed by atoms with E-state index in [0.717, 1.165) is 36.8 Å². The van der Waals surface area contributed by atoms with Crippen molar-refractivity contribution in [3.05, 3.63) is 65.7 Å². The summed E-state index contributed by atoms with van der Waals surface area (Å²) in [5, 5.41) is 15.5. The summed E-state index contributed by atoms with van der Waals surface area (Å²) in [5.41, 5.74) is 2.59. The Morgan fingerprint density at radius 3 is 2.59 bits per heavy atom. The van der Waals surface area contributed by atoms with Crippen molar-refractivity contribution in [2.24, 2.45) is 0 Å². The summed E-state index contributed by atoms with van der Waals surface area (Å²) in [6, 6.07) is 12.0. The fourth-order valence-electron chi connectivity index (χ4n) is 4.32. The van der Waals surface area contributed by atoms with Gasteiger partial charge in [-0.05, 0) is 57.1 Å². The number of aromatic nitrogens is 4. The van der Waals surface area contributed by atoms with Crippen molar-refractivity contribution in [1.82, 2.24) is 24.6 Å². The largest absolute Gasteiger partial charge is 0.492 e. The Balaban J connectivity index is 1.24. The quantitative estimate of drug-likeness (QED) is 0.552. The van der Waals surface area contributed by atoms with Crippen molar-refractivity contribution < 1.29 is 9.84 Å². The van der Waals surface area contributed by atoms with Gasteiger partial charge in [0.05, 0.1) is 24.4 Å². The third kappa shape index (κ3) is 5.63. The Bertz CT molecular complexity index is 1010. The van der Waals surface area contributed by atoms with E-state index in [2.05, 4.69) is 45.1 Å². The van der Waals surface area contributed by atoms with Crippen LogP contribution in [0.4, 0.5) is 5.95 Å². The molecule has 1 saturated heterocycles. The number of hydrogen-bond donors (Lipinski definition) is 1. The van der Waals surface area contributed by atoms with Crippen LogP contribution in [0, 0.1) is 13.8 Å². The molecule has 0 aliphatic carbocycles. The van der Waals surface area contributed by atoms with Crippen LogP contribution in [0.5, 0.6) is 5.75 Å². The second kappa shape index (κ2) is 9.67. The minimum Gasteiger partial charge on any atom is -0.492 e. The highest BCUT2D eigenvalue weighted by molar-refractivity contribution is 5.32. The molecule has 32 heavy (non-hydrogen) atoms. The molecule has 3 aromatic rings. The van der Waals surface area contributed by atoms with Crippen LogP contribution in [0.3, 0.4) is 0 Å². The number of aliphatic hydroxyl groups is 1. The number of benzene rings is 1. The Labute approximate surface area is 189 Å². The van der Waals surface area contributed by atoms with Crippen LogP contribution in [0.15, 0.2) is 48.8 Å². The molecule has 1 fully saturated rings. The van der Waals surface area contributed by atoms with Crippen molar-refractivity contribution in [2.75, 3.05) is 38.2 Å². The molecule has 0 unspecified atom stereocenters. The second-order valence-electron chi connectivity index (χ2n) is 8.76. The molecule has 2 aromatic heterocycles. The average molecular weight is 437 g/mol. The topological polar surface area (TPSA) is 79.5 Å². The van der Waals surface area contributed by atoms with E-state index >= 15 is 0 Å². The standard InChI is InChI=1S/C24H32N6O2/c1-19-15-20(2)30(27-19)13-14-32-22-7-5-21(6-8-22)16-28(3)17-24(31)9-12-29(18-24)23-25-10-4-11-26-23/h4-8,10-11,15,31H,9,12-14,16-18H2,1-3H3/t24-/m0/s1. The summed E-state index contributed by atoms with van der Waals surface area (Å²) < 4.78 is 7.85. The maximum Gasteiger partial charge on any atom is 0.225 e. The van der Waals surface area contributed by atoms with Gasteiger partial charge in [-0.3, -0.25) is 9.58 Å². The first-order valence-corrected chi connectivity index (χ1v) is 11.1. The van der Waals surface area contributed by atoms with Gasteiger partial charge in [0.25, 0.3) is 0 Å². The van der Waals surface area contributed by atoms with Crippen molar-refractivity contribution >= 4 is 5.95 Å². The number of β-amino-alcohol motifs (C(OH)–C–C–N with tert-alkyl or cyclic N) is 1. The normalized spacial score (nSPS) is 18.5. The molecule has 8 nitrogen and oxygen atoms in total. The lowest BCUT2D eigenvalue weighted by atomic mass is 10.0. The molecule has 1 N–H and O–H groups in total. The third-order valence-electron chi connectivity index (χ3n) is 5.78. The van der Waals surface area contributed by atoms with Crippen LogP contribution in [0.2, 0.25) is 0 Å². The molecule has 1 aromatic carbocycles. The van der Waals surface area contributed by atoms with Crippen molar-refractivity contribution in [2.45, 2.75) is 39.0 Å². The molecule has 0 spiro atoms. The Morgan fingerprint density at radius 2 is 1.91 bits per heavy atom. The van der Waals surface area contributed by atoms with E-state index in [9.17, 15) is 5.11 Å². The Morgan fingerprint density at radius 1 is 1.16 bits per heavy atom. The number of nitrogens with zero attached hydrogens (tertiary/aromatic N) is 6. The minimum absolute atomic E-state index is 0.545. The fourth-order valence-corrected chi connectivity index (χ4v) is 4.32. The molecule has 3 heterocycles. The highest BCUT2D eigenvalue weighted by atomic mass is 16.5. The molecule has 0 bridgehead atoms. The molecule has 1 aliphatic heterocycles. The minimum atomic E-state index is -0.764. The Kier molecular flexibility index (Phi) is 6.72. The summed E-state index contributed by atoms with van der Waals surface area (Å²) in [5.74, 6) is 1.53. The monoisotopic (exact) mass is 436 g/mol. The van der Waals surface area contributed by atoms with Gasteiger partial charge >= 0.3 is 0 Å². The molecule has 4 rings (SSSR count). The van der Waals surface area contributed by atoms with Gasteiger partial charge in [-0.15, -0.1) is 0 Å². The molecular formula is C24H32N6O2. The van der Waals surface area contributed by atoms with E-state index in [4.69, 9.17) is 4.74 Å². The molecule has 0 radical (unpaired) electrons. The van der Waals surface area contributed by atoms with E-state index in [1.54, 1.807) is 18.5 Å². The first-order valence-electron chi connectivity index (χ1n) is 11.1. The summed E-state index contributed by atoms with van der Waals surface area (Å²) >= 11 is 0. The lowest BCUT2D eigenvalue weighted by Crippen LogP contribution is -2.43. The van der Waals surface area contributed by atoms with Crippen LogP contribution in [-0.2, 0) is 13.1 Å². The number of rotatable bonds is 9. The van der Waals surface area contributed by atoms with E-state index in [1.807, 2.05) is 35.7 Å². The van der Waals surface area contributed by atoms with E-state index in [0.29, 0.717) is 32.1 Å². The average Bonchev–Trinajstić information content (AvgIpc) is 3.31. The predicted molar refractivity (Wildman–Crippen MR) is 124 cm³/mol. The fraction of sp³-hybridized carbons (Fsp3) is 0.458. The highest BCUT2D eigenvalue weighted by Gasteiger charge is 2.37. The van der Waals surface area contributed by atoms with Crippen LogP contribution < -0.4 is 9.64 Å². The zero-order valence-electron chi connectivity index (χ0n) is 19.1. The molecule has 1 atom stereocenters. The Hall–Kier alpha value is -2.97. The van der Waals surface area contributed by atoms with Crippen LogP contribution in [0.25, 0.3) is 0 Å². The van der Waals surface area contributed by atoms with Gasteiger partial charge in [0, 0.05) is 37.7 Å². The number of ether oxygens (including phenoxy) is 1. The van der Waals surface area contributed by atoms with Crippen molar-refractivity contribution in [1.29, 1.82) is 0 Å². The molecule has 0 amide bonds. The summed E-state index contributed by atoms with van der Waals surface area (Å²) in [6.07, 6.45) is 4.18. The van der Waals surface area contributed by atoms with Crippen LogP contribution in [0.1, 0.15) is 23.4 Å². The lowest BCUT2D eigenvalue weighted by molar-refractivity contribution is 0.0279. The molecular weight excluding hydrogens is 404 g/mol. The zero-order chi connectivity index (χ0) is 22.6. The number of aryl methyl sites for hydroxylation is 2. The smallest absolute Gasteiger partial charge is 0.225 e. The maximum absolute atomic E-state index is 11.1. The number of hydrogen-bond acceptors (Lipinski definition) is 7. The summed E-state index contributed by atoms with van der Waals surface area (Å²) in [6.45, 7) is 8.03. The first kappa shape index (κ1) is 22.2. The lowest BCUT2D eigenvalue weighted by Gasteiger charge is -2.29. The molecule has 170 valence electrons. The second-order valence-corrected chi connectivity index (χ2v) is 8.76. The van der Waals surface area contributed by atoms with Crippen molar-refractivity contribution in [3.63, 3.8) is 0 Å². The molecule has 1 aliphatic rings. The summed E-state index contributed by atoms with van der Waals surface area (Å²) in [7, 11) is 2.04. The van der Waals surface area contributed by atoms with E-state index < -0.39 is 5.60 Å². The first-order chi connectivity index (χ1) is 15.4. The number of likely N-dealkylation sites (N-methyl/N-ethyl adjacent to an activating group) is 1. The van der Waals surface area contributed by atoms with Gasteiger partial charge in [-0.25, -0.2) is 9.97 Å². The van der Waals surface area contributed by atoms with Crippen LogP contribution >= 0.6 is 0 Å². The SMILES string of the molecule is Cc1cc(C)n(CCOc2ccc(CN(C)C[C@@]3(O)CCN(c4ncccn4)C3)cc2)n1. The van der Waals surface area contributed by atoms with Gasteiger partial charge in [-0.2, -0.15) is 5.10 Å². The number of anilines is 1. The predicted octanol–water partition coefficient (Wildman–Crippen LogP) is 2.44. The zero-order valence-corrected chi connectivity index (χ0v) is 19.1. The van der Waals surface area contributed by atoms with Gasteiger partial charge in [0.1, 0.15) is 12.4 Å². The van der Waals surface area contributed by atoms with Gasteiger partial charge < -0.3 is 14.7 Å². The van der Waals surface area contributed by atoms with Gasteiger partial charge in [0.15, 0.2) is 0 Å². The van der Waals surface area contributed by atoms with Gasteiger partial charge in [-0.1, -0.05) is 12.1 Å². The molecule has 8 heteroatoms. The maximum atomic E-state index is 11.1.